The summed E-state index contributed by atoms with van der Waals surface area (Å²) in [5.74, 6) is 1.88. The Morgan fingerprint density at radius 2 is 0.640 bits per heavy atom. The normalized spacial score (nSPS) is 12.3. The Labute approximate surface area is 855 Å². The average molecular weight is 2390 g/mol. The molecule has 0 atom stereocenters. The molecule has 7 nitrogen and oxygen atoms in total. The van der Waals surface area contributed by atoms with Gasteiger partial charge in [0.25, 0.3) is 0 Å². The molecule has 0 spiro atoms. The zero-order valence-electron chi connectivity index (χ0n) is 81.7. The minimum atomic E-state index is -2.46. The van der Waals surface area contributed by atoms with E-state index in [1.807, 2.05) is 127 Å². The van der Waals surface area contributed by atoms with Crippen molar-refractivity contribution in [3.8, 4) is 89.8 Å². The molecule has 0 fully saturated rings. The Bertz CT molecular complexity index is 6620. The summed E-state index contributed by atoms with van der Waals surface area (Å²) in [7, 11) is -8.42. The van der Waals surface area contributed by atoms with Crippen molar-refractivity contribution in [2.75, 3.05) is 0 Å². The van der Waals surface area contributed by atoms with E-state index in [9.17, 15) is 0 Å². The molecule has 2 aliphatic heterocycles. The molecule has 0 N–H and O–H groups in total. The number of nitrogens with zero attached hydrogens (tertiary/aromatic N) is 7. The van der Waals surface area contributed by atoms with Crippen molar-refractivity contribution in [2.45, 2.75) is 146 Å². The van der Waals surface area contributed by atoms with Crippen LogP contribution in [0.3, 0.4) is 0 Å². The molecule has 20 rings (SSSR count). The van der Waals surface area contributed by atoms with Gasteiger partial charge in [-0.2, -0.15) is 0 Å². The molecule has 136 heavy (non-hydrogen) atoms. The summed E-state index contributed by atoms with van der Waals surface area (Å²) < 4.78 is 2.37. The minimum absolute atomic E-state index is 0. The average Bonchev–Trinajstić information content (AvgIpc) is 1.53. The second kappa shape index (κ2) is 46.5. The van der Waals surface area contributed by atoms with Crippen molar-refractivity contribution in [3.05, 3.63) is 406 Å². The van der Waals surface area contributed by atoms with Gasteiger partial charge < -0.3 is 34.5 Å². The third-order valence-electron chi connectivity index (χ3n) is 25.0. The third-order valence-corrected chi connectivity index (χ3v) is 39.6. The van der Waals surface area contributed by atoms with Gasteiger partial charge in [0.15, 0.2) is 0 Å². The molecule has 3 radical (unpaired) electrons. The first-order valence-electron chi connectivity index (χ1n) is 47.1. The molecule has 0 saturated carbocycles. The fourth-order valence-electron chi connectivity index (χ4n) is 18.8. The zero-order chi connectivity index (χ0) is 93.6. The number of hydrogen-bond donors (Lipinski definition) is 0. The van der Waals surface area contributed by atoms with Crippen LogP contribution in [-0.4, -0.2) is 74.8 Å². The summed E-state index contributed by atoms with van der Waals surface area (Å²) in [6.07, 6.45) is 15.1. The largest absolute Gasteiger partial charge is 0.381 e. The van der Waals surface area contributed by atoms with Crippen LogP contribution in [0.15, 0.2) is 353 Å². The fourth-order valence-corrected chi connectivity index (χ4v) is 31.7. The Balaban J connectivity index is 0.000000154. The number of pyridine rings is 6. The van der Waals surface area contributed by atoms with Crippen molar-refractivity contribution in [2.24, 2.45) is 17.8 Å². The Morgan fingerprint density at radius 3 is 1.02 bits per heavy atom. The maximum absolute atomic E-state index is 5.03. The van der Waals surface area contributed by atoms with Gasteiger partial charge in [0.2, 0.25) is 0 Å². The van der Waals surface area contributed by atoms with Crippen molar-refractivity contribution in [1.82, 2.24) is 34.5 Å². The van der Waals surface area contributed by atoms with Crippen molar-refractivity contribution in [1.29, 1.82) is 0 Å². The first-order valence-corrected chi connectivity index (χ1v) is 62.6. The predicted octanol–water partition coefficient (Wildman–Crippen LogP) is 24.8. The summed E-state index contributed by atoms with van der Waals surface area (Å²) in [5.41, 5.74) is 24.9. The van der Waals surface area contributed by atoms with Gasteiger partial charge in [-0.05, 0) is 145 Å². The quantitative estimate of drug-likeness (QED) is 0.0629. The smallest absolute Gasteiger partial charge is 0.136 e. The van der Waals surface area contributed by atoms with Crippen LogP contribution in [0.1, 0.15) is 65.2 Å². The van der Waals surface area contributed by atoms with E-state index in [0.29, 0.717) is 17.8 Å². The molecule has 695 valence electrons. The van der Waals surface area contributed by atoms with E-state index in [2.05, 4.69) is 383 Å². The van der Waals surface area contributed by atoms with E-state index in [1.54, 1.807) is 23.8 Å². The first-order chi connectivity index (χ1) is 64.1. The van der Waals surface area contributed by atoms with Gasteiger partial charge in [0.1, 0.15) is 8.07 Å². The zero-order valence-corrected chi connectivity index (χ0v) is 93.9. The van der Waals surface area contributed by atoms with Gasteiger partial charge in [-0.1, -0.05) is 344 Å². The molecule has 18 aromatic rings. The molecular weight excluding hydrogens is 2270 g/mol. The van der Waals surface area contributed by atoms with E-state index in [0.717, 1.165) is 93.4 Å². The molecule has 0 saturated heterocycles. The molecular formula is C121H123Ir3N7Si5-6. The van der Waals surface area contributed by atoms with Gasteiger partial charge in [-0.3, -0.25) is 0 Å². The second-order valence-electron chi connectivity index (χ2n) is 39.7. The predicted molar refractivity (Wildman–Crippen MR) is 579 cm³/mol. The summed E-state index contributed by atoms with van der Waals surface area (Å²) in [6, 6.07) is 131. The van der Waals surface area contributed by atoms with Gasteiger partial charge in [0, 0.05) is 110 Å². The van der Waals surface area contributed by atoms with Crippen molar-refractivity contribution in [3.63, 3.8) is 0 Å². The molecule has 0 bridgehead atoms. The summed E-state index contributed by atoms with van der Waals surface area (Å²) in [6.45, 7) is 43.6. The number of fused-ring (bicyclic) bond motifs is 9. The molecule has 15 heteroatoms. The number of aryl methyl sites for hydroxylation is 1. The Morgan fingerprint density at radius 1 is 0.294 bits per heavy atom. The molecule has 0 amide bonds. The van der Waals surface area contributed by atoms with Crippen LogP contribution in [-0.2, 0) is 86.1 Å². The van der Waals surface area contributed by atoms with Crippen LogP contribution < -0.4 is 46.7 Å². The molecule has 0 unspecified atom stereocenters. The van der Waals surface area contributed by atoms with Gasteiger partial charge in [0.05, 0.1) is 32.3 Å². The third kappa shape index (κ3) is 24.1. The minimum Gasteiger partial charge on any atom is -0.381 e. The van der Waals surface area contributed by atoms with Crippen LogP contribution in [0.2, 0.25) is 72.0 Å². The summed E-state index contributed by atoms with van der Waals surface area (Å²) in [4.78, 5) is 27.5. The fraction of sp³-hybridized carbons (Fsp3) is 0.207. The summed E-state index contributed by atoms with van der Waals surface area (Å²) >= 11 is 0. The van der Waals surface area contributed by atoms with E-state index in [4.69, 9.17) is 15.0 Å². The number of rotatable bonds is 18. The van der Waals surface area contributed by atoms with E-state index in [1.165, 1.54) is 102 Å². The molecule has 9 heterocycles. The molecule has 0 aliphatic carbocycles. The topological polar surface area (TPSA) is 82.3 Å². The number of hydrogen-bond acceptors (Lipinski definition) is 6. The van der Waals surface area contributed by atoms with Crippen LogP contribution in [0.5, 0.6) is 0 Å². The first kappa shape index (κ1) is 104. The van der Waals surface area contributed by atoms with Crippen LogP contribution in [0.25, 0.3) is 112 Å². The Kier molecular flexibility index (Phi) is 35.6. The Hall–Kier alpha value is -10.8. The maximum atomic E-state index is 5.03. The number of para-hydroxylation sites is 1. The molecule has 2 aliphatic rings. The van der Waals surface area contributed by atoms with Crippen molar-refractivity contribution < 1.29 is 60.3 Å². The maximum Gasteiger partial charge on any atom is 0.136 e. The molecule has 11 aromatic carbocycles. The van der Waals surface area contributed by atoms with Crippen molar-refractivity contribution >= 4 is 109 Å². The number of aromatic nitrogens is 7. The number of benzene rings is 11. The van der Waals surface area contributed by atoms with Gasteiger partial charge >= 0.3 is 0 Å². The SMILES string of the molecule is CC(C)Cc1cc(-c2[c-]cc3c(c2)-c2ccccc2[Si]3(C)C)ncc1[Si](C)(C)C.CC(C)Cc1cc(-c2[c-]cc3c(c2)-c2ccccc2[Si]3(c2ccccc2)c2ccccc2)ncc1[Si](C)(C)C.CCn1c2c[c-]c(-c3cc(CC(C)C)c([Si](C)(C)C)cn3)cc2c2ccccc21.[Ir].[Ir].[Ir].[c-]1ccccc1-c1ccccn1.[c-]1ccccc1-c1ccccn1.[c-]1ccccc1-c1ccccn1. The van der Waals surface area contributed by atoms with Crippen LogP contribution in [0.4, 0.5) is 0 Å². The molecule has 7 aromatic heterocycles. The van der Waals surface area contributed by atoms with E-state index >= 15 is 0 Å². The van der Waals surface area contributed by atoms with Gasteiger partial charge in [-0.15, -0.1) is 189 Å². The van der Waals surface area contributed by atoms with Gasteiger partial charge in [-0.25, -0.2) is 0 Å². The van der Waals surface area contributed by atoms with E-state index < -0.39 is 40.4 Å². The summed E-state index contributed by atoms with van der Waals surface area (Å²) in [5, 5.41) is 15.8. The standard InChI is InChI=1S/C36H36NSi2.C26H31N2Si.C26H32NSi2.3C11H8N.3Ir/c1-26(2)22-28-24-33(37-25-36(28)38(3,4)5)27-20-21-35-32(23-27)31-18-12-13-19-34(31)39(35,29-14-8-6-9-15-29)30-16-10-7-11-17-30;1-7-28-24-11-9-8-10-21(24)22-15-19(12-13-25(22)28)23-16-20(14-18(2)3)26(17-27-23)29(4,5)6;1-18(2)14-20-16-23(27-17-26(20)28(3,4)5)19-12-13-25-22(15-19)21-10-8-9-11-24(21)29(25,6)7;3*1-2-6-10(7-3-1)11-8-4-5-9-12-11;;;/h6-19,21,23-26H,22H2,1-5H3;8-11,13,15-18H,7,14H2,1-6H3;8-11,13,15-18H,14H2,1-7H3;3*1-6,8-9H;;;/q6*-1;;;. The van der Waals surface area contributed by atoms with Crippen LogP contribution >= 0.6 is 0 Å². The van der Waals surface area contributed by atoms with Crippen LogP contribution in [0, 0.1) is 54.2 Å². The second-order valence-corrected chi connectivity index (χ2v) is 62.8. The monoisotopic (exact) mass is 2390 g/mol. The van der Waals surface area contributed by atoms with E-state index in [-0.39, 0.29) is 60.3 Å².